The summed E-state index contributed by atoms with van der Waals surface area (Å²) >= 11 is 0. The van der Waals surface area contributed by atoms with Gasteiger partial charge < -0.3 is 10.1 Å². The highest BCUT2D eigenvalue weighted by Gasteiger charge is 2.38. The summed E-state index contributed by atoms with van der Waals surface area (Å²) in [6.45, 7) is 2.23. The molecule has 0 saturated heterocycles. The molecule has 28 heavy (non-hydrogen) atoms. The van der Waals surface area contributed by atoms with Crippen molar-refractivity contribution < 1.29 is 9.53 Å². The maximum Gasteiger partial charge on any atom is 0.338 e. The Morgan fingerprint density at radius 2 is 1.93 bits per heavy atom. The highest BCUT2D eigenvalue weighted by molar-refractivity contribution is 5.90. The van der Waals surface area contributed by atoms with Gasteiger partial charge in [-0.2, -0.15) is 0 Å². The lowest BCUT2D eigenvalue weighted by Crippen LogP contribution is -2.29. The van der Waals surface area contributed by atoms with Crippen LogP contribution < -0.4 is 5.32 Å². The van der Waals surface area contributed by atoms with Gasteiger partial charge in [-0.05, 0) is 65.4 Å². The summed E-state index contributed by atoms with van der Waals surface area (Å²) in [5, 5.41) is 6.29. The number of ether oxygens (including phenoxy) is 1. The number of anilines is 1. The van der Waals surface area contributed by atoms with E-state index in [1.807, 2.05) is 25.1 Å². The fourth-order valence-corrected chi connectivity index (χ4v) is 4.67. The van der Waals surface area contributed by atoms with Crippen LogP contribution in [0.15, 0.2) is 72.8 Å². The van der Waals surface area contributed by atoms with Crippen LogP contribution in [0.2, 0.25) is 0 Å². The van der Waals surface area contributed by atoms with Crippen LogP contribution in [0.1, 0.15) is 46.8 Å². The Labute approximate surface area is 165 Å². The minimum absolute atomic E-state index is 0.250. The molecule has 0 radical (unpaired) electrons. The molecular formula is C25H23NO2. The smallest absolute Gasteiger partial charge is 0.338 e. The van der Waals surface area contributed by atoms with Gasteiger partial charge in [0.05, 0.1) is 18.2 Å². The quantitative estimate of drug-likeness (QED) is 0.465. The van der Waals surface area contributed by atoms with E-state index in [0.717, 1.165) is 12.1 Å². The van der Waals surface area contributed by atoms with E-state index in [0.29, 0.717) is 24.0 Å². The topological polar surface area (TPSA) is 38.3 Å². The number of hydrogen-bond donors (Lipinski definition) is 1. The van der Waals surface area contributed by atoms with Gasteiger partial charge >= 0.3 is 5.97 Å². The van der Waals surface area contributed by atoms with Crippen molar-refractivity contribution in [2.45, 2.75) is 25.3 Å². The fraction of sp³-hybridized carbons (Fsp3) is 0.240. The molecule has 1 aliphatic carbocycles. The van der Waals surface area contributed by atoms with Gasteiger partial charge in [0, 0.05) is 11.6 Å². The lowest BCUT2D eigenvalue weighted by Gasteiger charge is -2.37. The predicted octanol–water partition coefficient (Wildman–Crippen LogP) is 5.84. The van der Waals surface area contributed by atoms with Crippen molar-refractivity contribution in [3.8, 4) is 0 Å². The molecule has 0 saturated carbocycles. The zero-order valence-electron chi connectivity index (χ0n) is 15.9. The highest BCUT2D eigenvalue weighted by atomic mass is 16.5. The Bertz CT molecular complexity index is 1080. The van der Waals surface area contributed by atoms with Gasteiger partial charge in [0.2, 0.25) is 0 Å². The molecule has 1 aliphatic heterocycles. The molecule has 140 valence electrons. The molecule has 5 rings (SSSR count). The molecule has 0 spiro atoms. The van der Waals surface area contributed by atoms with Gasteiger partial charge in [-0.25, -0.2) is 4.79 Å². The molecule has 0 bridgehead atoms. The van der Waals surface area contributed by atoms with E-state index in [1.165, 1.54) is 21.9 Å². The second kappa shape index (κ2) is 6.83. The molecule has 0 fully saturated rings. The van der Waals surface area contributed by atoms with E-state index in [2.05, 4.69) is 59.9 Å². The van der Waals surface area contributed by atoms with Gasteiger partial charge in [-0.15, -0.1) is 0 Å². The zero-order chi connectivity index (χ0) is 19.1. The number of nitrogens with one attached hydrogen (secondary N) is 1. The molecule has 3 unspecified atom stereocenters. The first-order valence-corrected chi connectivity index (χ1v) is 9.97. The Morgan fingerprint density at radius 1 is 1.07 bits per heavy atom. The average Bonchev–Trinajstić information content (AvgIpc) is 3.23. The molecular weight excluding hydrogens is 346 g/mol. The van der Waals surface area contributed by atoms with Gasteiger partial charge in [-0.3, -0.25) is 0 Å². The molecule has 3 aromatic rings. The van der Waals surface area contributed by atoms with Crippen LogP contribution in [-0.2, 0) is 4.74 Å². The van der Waals surface area contributed by atoms with E-state index in [-0.39, 0.29) is 12.0 Å². The van der Waals surface area contributed by atoms with E-state index >= 15 is 0 Å². The Balaban J connectivity index is 1.54. The fourth-order valence-electron chi connectivity index (χ4n) is 4.67. The summed E-state index contributed by atoms with van der Waals surface area (Å²) in [4.78, 5) is 12.2. The van der Waals surface area contributed by atoms with Gasteiger partial charge in [-0.1, -0.05) is 48.6 Å². The van der Waals surface area contributed by atoms with Crippen molar-refractivity contribution in [2.24, 2.45) is 5.92 Å². The number of carbonyl (C=O) groups is 1. The summed E-state index contributed by atoms with van der Waals surface area (Å²) in [7, 11) is 0. The number of hydrogen-bond acceptors (Lipinski definition) is 3. The highest BCUT2D eigenvalue weighted by Crippen LogP contribution is 2.50. The summed E-state index contributed by atoms with van der Waals surface area (Å²) < 4.78 is 5.18. The minimum atomic E-state index is -0.250. The van der Waals surface area contributed by atoms with Crippen molar-refractivity contribution in [3.05, 3.63) is 89.5 Å². The summed E-state index contributed by atoms with van der Waals surface area (Å²) in [6, 6.07) is 21.4. The number of rotatable bonds is 3. The van der Waals surface area contributed by atoms with E-state index in [4.69, 9.17) is 4.74 Å². The largest absolute Gasteiger partial charge is 0.462 e. The van der Waals surface area contributed by atoms with E-state index in [9.17, 15) is 4.79 Å². The van der Waals surface area contributed by atoms with Gasteiger partial charge in [0.1, 0.15) is 0 Å². The van der Waals surface area contributed by atoms with E-state index < -0.39 is 0 Å². The lowest BCUT2D eigenvalue weighted by molar-refractivity contribution is 0.0526. The third kappa shape index (κ3) is 2.78. The zero-order valence-corrected chi connectivity index (χ0v) is 15.9. The van der Waals surface area contributed by atoms with Crippen LogP contribution in [0.4, 0.5) is 5.69 Å². The van der Waals surface area contributed by atoms with Crippen molar-refractivity contribution in [2.75, 3.05) is 11.9 Å². The molecule has 2 aliphatic rings. The Kier molecular flexibility index (Phi) is 4.16. The molecule has 3 aromatic carbocycles. The second-order valence-corrected chi connectivity index (χ2v) is 7.60. The van der Waals surface area contributed by atoms with Crippen molar-refractivity contribution in [1.82, 2.24) is 0 Å². The summed E-state index contributed by atoms with van der Waals surface area (Å²) in [5.74, 6) is 0.522. The normalized spacial score (nSPS) is 22.4. The van der Waals surface area contributed by atoms with Crippen molar-refractivity contribution in [1.29, 1.82) is 0 Å². The first kappa shape index (κ1) is 17.1. The monoisotopic (exact) mass is 369 g/mol. The third-order valence-corrected chi connectivity index (χ3v) is 6.01. The van der Waals surface area contributed by atoms with Crippen molar-refractivity contribution in [3.63, 3.8) is 0 Å². The number of carbonyl (C=O) groups excluding carboxylic acids is 1. The number of esters is 1. The maximum absolute atomic E-state index is 12.2. The third-order valence-electron chi connectivity index (χ3n) is 6.01. The molecule has 0 aromatic heterocycles. The standard InChI is InChI=1S/C25H23NO2/c1-2-28-25(27)19-12-13-23-22(15-19)20-8-5-9-21(20)24(26-23)18-11-10-16-6-3-4-7-17(16)14-18/h3-8,10-15,20-21,24,26H,2,9H2,1H3. The first-order chi connectivity index (χ1) is 13.7. The van der Waals surface area contributed by atoms with Crippen LogP contribution in [0.25, 0.3) is 10.8 Å². The van der Waals surface area contributed by atoms with Crippen LogP contribution in [-0.4, -0.2) is 12.6 Å². The van der Waals surface area contributed by atoms with E-state index in [1.54, 1.807) is 0 Å². The number of fused-ring (bicyclic) bond motifs is 4. The SMILES string of the molecule is CCOC(=O)c1ccc2c(c1)C1C=CCC1C(c1ccc3ccccc3c1)N2. The Hall–Kier alpha value is -3.07. The van der Waals surface area contributed by atoms with Gasteiger partial charge in [0.25, 0.3) is 0 Å². The van der Waals surface area contributed by atoms with Crippen LogP contribution >= 0.6 is 0 Å². The van der Waals surface area contributed by atoms with Crippen LogP contribution in [0.3, 0.4) is 0 Å². The molecule has 3 atom stereocenters. The first-order valence-electron chi connectivity index (χ1n) is 9.97. The number of benzene rings is 3. The van der Waals surface area contributed by atoms with Gasteiger partial charge in [0.15, 0.2) is 0 Å². The average molecular weight is 369 g/mol. The molecule has 1 heterocycles. The van der Waals surface area contributed by atoms with Crippen molar-refractivity contribution >= 4 is 22.4 Å². The molecule has 0 amide bonds. The minimum Gasteiger partial charge on any atom is -0.462 e. The maximum atomic E-state index is 12.2. The van der Waals surface area contributed by atoms with Crippen LogP contribution in [0, 0.1) is 5.92 Å². The summed E-state index contributed by atoms with van der Waals surface area (Å²) in [6.07, 6.45) is 5.61. The Morgan fingerprint density at radius 3 is 2.79 bits per heavy atom. The van der Waals surface area contributed by atoms with Crippen LogP contribution in [0.5, 0.6) is 0 Å². The number of allylic oxidation sites excluding steroid dienone is 2. The second-order valence-electron chi connectivity index (χ2n) is 7.60. The summed E-state index contributed by atoms with van der Waals surface area (Å²) in [5.41, 5.74) is 4.25. The molecule has 3 heteroatoms. The molecule has 1 N–H and O–H groups in total. The lowest BCUT2D eigenvalue weighted by atomic mass is 9.76. The molecule has 3 nitrogen and oxygen atoms in total. The predicted molar refractivity (Wildman–Crippen MR) is 113 cm³/mol.